The molecular weight excluding hydrogens is 472 g/mol. The van der Waals surface area contributed by atoms with E-state index < -0.39 is 24.2 Å². The van der Waals surface area contributed by atoms with Crippen LogP contribution in [0.4, 0.5) is 26.3 Å². The second-order valence-corrected chi connectivity index (χ2v) is 8.64. The van der Waals surface area contributed by atoms with Gasteiger partial charge in [-0.05, 0) is 47.7 Å². The number of aromatic nitrogens is 2. The average Bonchev–Trinajstić information content (AvgIpc) is 3.29. The second-order valence-electron chi connectivity index (χ2n) is 8.64. The Balaban J connectivity index is 0.000000509. The predicted octanol–water partition coefficient (Wildman–Crippen LogP) is 7.06. The molecule has 0 unspecified atom stereocenters. The van der Waals surface area contributed by atoms with Crippen LogP contribution in [0.25, 0.3) is 22.2 Å². The fourth-order valence-corrected chi connectivity index (χ4v) is 4.27. The average molecular weight is 499 g/mol. The fourth-order valence-electron chi connectivity index (χ4n) is 4.27. The number of H-pyrrole nitrogens is 1. The number of aromatic amines is 1. The van der Waals surface area contributed by atoms with Crippen molar-refractivity contribution in [2.24, 2.45) is 5.92 Å². The highest BCUT2D eigenvalue weighted by Gasteiger charge is 2.34. The maximum absolute atomic E-state index is 13.6. The summed E-state index contributed by atoms with van der Waals surface area (Å²) in [5.41, 5.74) is 2.06. The van der Waals surface area contributed by atoms with Crippen LogP contribution in [-0.4, -0.2) is 29.0 Å². The Morgan fingerprint density at radius 2 is 1.66 bits per heavy atom. The third kappa shape index (κ3) is 8.09. The van der Waals surface area contributed by atoms with Crippen LogP contribution in [0.1, 0.15) is 49.7 Å². The molecule has 4 nitrogen and oxygen atoms in total. The molecule has 2 N–H and O–H groups in total. The molecule has 190 valence electrons. The van der Waals surface area contributed by atoms with E-state index in [1.807, 2.05) is 12.1 Å². The summed E-state index contributed by atoms with van der Waals surface area (Å²) >= 11 is 0. The molecule has 1 aliphatic rings. The highest BCUT2D eigenvalue weighted by atomic mass is 19.4. The number of hydrogen-bond acceptors (Lipinski definition) is 3. The van der Waals surface area contributed by atoms with Gasteiger partial charge in [-0.25, -0.2) is 4.98 Å². The molecular formula is C25H27F6N3O. The highest BCUT2D eigenvalue weighted by Crippen LogP contribution is 2.39. The van der Waals surface area contributed by atoms with Gasteiger partial charge in [0.25, 0.3) is 0 Å². The van der Waals surface area contributed by atoms with Gasteiger partial charge >= 0.3 is 12.4 Å². The molecule has 10 heteroatoms. The van der Waals surface area contributed by atoms with Crippen molar-refractivity contribution < 1.29 is 31.1 Å². The highest BCUT2D eigenvalue weighted by molar-refractivity contribution is 5.84. The number of nitrogens with one attached hydrogen (secondary N) is 2. The standard InChI is InChI=1S/C23H26F3N3.C2HF3O/c24-23(25,26)20-13-22-21(28-15-29-22)12-19(20)18-8-6-17(7-9-18)14-27-11-10-16-4-2-1-3-5-16;3-2(4,5)1-6/h6-9,12-13,15-16,27H,1-5,10-11,14H2,(H,28,29);1H. The van der Waals surface area contributed by atoms with Crippen molar-refractivity contribution in [1.82, 2.24) is 15.3 Å². The number of aldehydes is 1. The largest absolute Gasteiger partial charge is 0.446 e. The number of imidazole rings is 1. The summed E-state index contributed by atoms with van der Waals surface area (Å²) in [7, 11) is 0. The zero-order chi connectivity index (χ0) is 25.5. The first-order valence-electron chi connectivity index (χ1n) is 11.4. The predicted molar refractivity (Wildman–Crippen MR) is 122 cm³/mol. The lowest BCUT2D eigenvalue weighted by atomic mass is 9.87. The molecule has 0 saturated heterocycles. The van der Waals surface area contributed by atoms with E-state index in [0.717, 1.165) is 30.6 Å². The van der Waals surface area contributed by atoms with Crippen LogP contribution in [0.3, 0.4) is 0 Å². The van der Waals surface area contributed by atoms with Gasteiger partial charge in [0.1, 0.15) is 0 Å². The molecule has 0 aliphatic heterocycles. The molecule has 1 saturated carbocycles. The monoisotopic (exact) mass is 499 g/mol. The van der Waals surface area contributed by atoms with Crippen molar-refractivity contribution in [3.8, 4) is 11.1 Å². The first kappa shape index (κ1) is 26.7. The van der Waals surface area contributed by atoms with Gasteiger partial charge in [0.05, 0.1) is 22.9 Å². The lowest BCUT2D eigenvalue weighted by Gasteiger charge is -2.21. The summed E-state index contributed by atoms with van der Waals surface area (Å²) in [6, 6.07) is 9.97. The Bertz CT molecular complexity index is 1080. The minimum Gasteiger partial charge on any atom is -0.345 e. The normalized spacial score (nSPS) is 15.0. The van der Waals surface area contributed by atoms with Crippen molar-refractivity contribution in [2.75, 3.05) is 6.54 Å². The summed E-state index contributed by atoms with van der Waals surface area (Å²) in [5.74, 6) is 0.844. The van der Waals surface area contributed by atoms with Crippen molar-refractivity contribution in [1.29, 1.82) is 0 Å². The van der Waals surface area contributed by atoms with Crippen LogP contribution in [0.15, 0.2) is 42.7 Å². The number of carbonyl (C=O) groups excluding carboxylic acids is 1. The third-order valence-electron chi connectivity index (χ3n) is 6.05. The number of carbonyl (C=O) groups is 1. The first-order chi connectivity index (χ1) is 16.6. The van der Waals surface area contributed by atoms with E-state index >= 15 is 0 Å². The van der Waals surface area contributed by atoms with E-state index in [1.54, 1.807) is 12.1 Å². The third-order valence-corrected chi connectivity index (χ3v) is 6.05. The minimum atomic E-state index is -4.64. The lowest BCUT2D eigenvalue weighted by molar-refractivity contribution is -0.156. The van der Waals surface area contributed by atoms with Gasteiger partial charge in [-0.1, -0.05) is 56.4 Å². The summed E-state index contributed by atoms with van der Waals surface area (Å²) in [6.07, 6.45) is -0.726. The minimum absolute atomic E-state index is 0.161. The molecule has 0 bridgehead atoms. The smallest absolute Gasteiger partial charge is 0.345 e. The molecule has 0 radical (unpaired) electrons. The van der Waals surface area contributed by atoms with E-state index in [0.29, 0.717) is 16.6 Å². The number of fused-ring (bicyclic) bond motifs is 1. The van der Waals surface area contributed by atoms with Crippen LogP contribution < -0.4 is 5.32 Å². The number of rotatable bonds is 6. The maximum atomic E-state index is 13.6. The van der Waals surface area contributed by atoms with Gasteiger partial charge in [-0.3, -0.25) is 4.79 Å². The fraction of sp³-hybridized carbons (Fsp3) is 0.440. The summed E-state index contributed by atoms with van der Waals surface area (Å²) in [5, 5.41) is 3.47. The van der Waals surface area contributed by atoms with Crippen molar-refractivity contribution in [3.63, 3.8) is 0 Å². The van der Waals surface area contributed by atoms with Gasteiger partial charge in [-0.2, -0.15) is 26.3 Å². The van der Waals surface area contributed by atoms with Gasteiger partial charge in [-0.15, -0.1) is 0 Å². The first-order valence-corrected chi connectivity index (χ1v) is 11.4. The molecule has 1 aromatic heterocycles. The molecule has 2 aromatic carbocycles. The summed E-state index contributed by atoms with van der Waals surface area (Å²) < 4.78 is 71.9. The van der Waals surface area contributed by atoms with Crippen molar-refractivity contribution in [3.05, 3.63) is 53.9 Å². The van der Waals surface area contributed by atoms with Crippen molar-refractivity contribution in [2.45, 2.75) is 57.4 Å². The van der Waals surface area contributed by atoms with Gasteiger partial charge in [0.2, 0.25) is 6.29 Å². The Labute approximate surface area is 199 Å². The molecule has 0 amide bonds. The van der Waals surface area contributed by atoms with E-state index in [-0.39, 0.29) is 5.56 Å². The second kappa shape index (κ2) is 11.7. The van der Waals surface area contributed by atoms with E-state index in [9.17, 15) is 26.3 Å². The van der Waals surface area contributed by atoms with Crippen LogP contribution >= 0.6 is 0 Å². The number of nitrogens with zero attached hydrogens (tertiary/aromatic N) is 1. The molecule has 1 aliphatic carbocycles. The molecule has 4 rings (SSSR count). The van der Waals surface area contributed by atoms with Crippen LogP contribution in [0, 0.1) is 5.92 Å². The molecule has 35 heavy (non-hydrogen) atoms. The zero-order valence-corrected chi connectivity index (χ0v) is 19.0. The van der Waals surface area contributed by atoms with E-state index in [2.05, 4.69) is 15.3 Å². The van der Waals surface area contributed by atoms with Gasteiger partial charge in [0.15, 0.2) is 0 Å². The molecule has 0 atom stereocenters. The number of halogens is 6. The van der Waals surface area contributed by atoms with Gasteiger partial charge in [0, 0.05) is 6.54 Å². The Kier molecular flexibility index (Phi) is 8.93. The van der Waals surface area contributed by atoms with E-state index in [1.165, 1.54) is 50.9 Å². The number of hydrogen-bond donors (Lipinski definition) is 2. The maximum Gasteiger partial charge on any atom is 0.446 e. The Morgan fingerprint density at radius 3 is 2.26 bits per heavy atom. The number of benzene rings is 2. The number of alkyl halides is 6. The van der Waals surface area contributed by atoms with Crippen LogP contribution in [0.5, 0.6) is 0 Å². The quantitative estimate of drug-likeness (QED) is 0.217. The van der Waals surface area contributed by atoms with E-state index in [4.69, 9.17) is 4.79 Å². The van der Waals surface area contributed by atoms with Gasteiger partial charge < -0.3 is 10.3 Å². The SMILES string of the molecule is FC(F)(F)c1cc2[nH]cnc2cc1-c1ccc(CNCCC2CCCCC2)cc1.O=CC(F)(F)F. The summed E-state index contributed by atoms with van der Waals surface area (Å²) in [4.78, 5) is 15.6. The molecule has 3 aromatic rings. The lowest BCUT2D eigenvalue weighted by Crippen LogP contribution is -2.19. The molecule has 1 heterocycles. The van der Waals surface area contributed by atoms with Crippen LogP contribution in [-0.2, 0) is 17.5 Å². The molecule has 0 spiro atoms. The van der Waals surface area contributed by atoms with Crippen molar-refractivity contribution >= 4 is 17.3 Å². The molecule has 1 fully saturated rings. The topological polar surface area (TPSA) is 57.8 Å². The zero-order valence-electron chi connectivity index (χ0n) is 19.0. The Morgan fingerprint density at radius 1 is 1.00 bits per heavy atom. The van der Waals surface area contributed by atoms with Crippen LogP contribution in [0.2, 0.25) is 0 Å². The Hall–Kier alpha value is -2.88. The summed E-state index contributed by atoms with van der Waals surface area (Å²) in [6.45, 7) is 1.72.